The first-order chi connectivity index (χ1) is 16.5. The van der Waals surface area contributed by atoms with Crippen LogP contribution in [0.15, 0.2) is 41.4 Å². The number of methoxy groups -OCH3 is 2. The maximum atomic E-state index is 13.5. The number of ether oxygens (including phenoxy) is 2. The number of rotatable bonds is 7. The molecule has 2 fully saturated rings. The third kappa shape index (κ3) is 4.27. The maximum Gasteiger partial charge on any atom is 0.246 e. The second-order valence-corrected chi connectivity index (χ2v) is 11.2. The minimum absolute atomic E-state index is 0.143. The van der Waals surface area contributed by atoms with Crippen LogP contribution in [0.2, 0.25) is 0 Å². The molecule has 3 heterocycles. The molecule has 2 aliphatic rings. The first-order valence-electron chi connectivity index (χ1n) is 12.0. The fourth-order valence-electron chi connectivity index (χ4n) is 5.44. The molecule has 8 nitrogen and oxygen atoms in total. The molecule has 1 saturated carbocycles. The zero-order chi connectivity index (χ0) is 23.7. The average Bonchev–Trinajstić information content (AvgIpc) is 3.51. The molecule has 0 spiro atoms. The van der Waals surface area contributed by atoms with Gasteiger partial charge in [0.2, 0.25) is 10.0 Å². The lowest BCUT2D eigenvalue weighted by Crippen LogP contribution is -2.39. The standard InChI is InChI=1S/C25H32N4O4S/c1-32-20-9-10-22(33-2)23(17-20)34(30,31)28-14-11-19(12-15-28)29-24(16-18-6-3-4-7-18)27-21-8-5-13-26-25(21)29/h5,8-10,13,17-19H,3-4,6-7,11-12,14-16H2,1-2H3. The molecule has 0 bridgehead atoms. The van der Waals surface area contributed by atoms with Gasteiger partial charge < -0.3 is 14.0 Å². The van der Waals surface area contributed by atoms with E-state index in [0.717, 1.165) is 23.4 Å². The summed E-state index contributed by atoms with van der Waals surface area (Å²) in [7, 11) is -0.707. The maximum absolute atomic E-state index is 13.5. The number of imidazole rings is 1. The van der Waals surface area contributed by atoms with Crippen LogP contribution in [0, 0.1) is 5.92 Å². The Balaban J connectivity index is 1.39. The number of pyridine rings is 1. The Bertz CT molecular complexity index is 1260. The predicted octanol–water partition coefficient (Wildman–Crippen LogP) is 4.21. The van der Waals surface area contributed by atoms with Crippen molar-refractivity contribution in [3.05, 3.63) is 42.4 Å². The second kappa shape index (κ2) is 9.54. The van der Waals surface area contributed by atoms with Gasteiger partial charge in [-0.1, -0.05) is 25.7 Å². The third-order valence-corrected chi connectivity index (χ3v) is 9.16. The van der Waals surface area contributed by atoms with Crippen LogP contribution in [0.4, 0.5) is 0 Å². The highest BCUT2D eigenvalue weighted by atomic mass is 32.2. The Morgan fingerprint density at radius 2 is 1.79 bits per heavy atom. The summed E-state index contributed by atoms with van der Waals surface area (Å²) in [5, 5.41) is 0. The van der Waals surface area contributed by atoms with Gasteiger partial charge in [0.05, 0.1) is 14.2 Å². The van der Waals surface area contributed by atoms with E-state index in [1.54, 1.807) is 16.4 Å². The summed E-state index contributed by atoms with van der Waals surface area (Å²) in [6.45, 7) is 0.867. The van der Waals surface area contributed by atoms with Gasteiger partial charge in [-0.2, -0.15) is 4.31 Å². The molecule has 182 valence electrons. The third-order valence-electron chi connectivity index (χ3n) is 7.25. The Labute approximate surface area is 201 Å². The fraction of sp³-hybridized carbons (Fsp3) is 0.520. The van der Waals surface area contributed by atoms with Crippen molar-refractivity contribution in [3.63, 3.8) is 0 Å². The van der Waals surface area contributed by atoms with Crippen molar-refractivity contribution in [2.45, 2.75) is 55.9 Å². The number of fused-ring (bicyclic) bond motifs is 1. The smallest absolute Gasteiger partial charge is 0.246 e. The number of benzene rings is 1. The highest BCUT2D eigenvalue weighted by molar-refractivity contribution is 7.89. The fourth-order valence-corrected chi connectivity index (χ4v) is 7.08. The van der Waals surface area contributed by atoms with Crippen LogP contribution in [-0.4, -0.2) is 54.6 Å². The molecule has 0 amide bonds. The van der Waals surface area contributed by atoms with Gasteiger partial charge in [-0.05, 0) is 43.0 Å². The van der Waals surface area contributed by atoms with Crippen molar-refractivity contribution in [1.29, 1.82) is 0 Å². The van der Waals surface area contributed by atoms with E-state index in [4.69, 9.17) is 14.5 Å². The molecular formula is C25H32N4O4S. The van der Waals surface area contributed by atoms with Gasteiger partial charge in [0, 0.05) is 37.8 Å². The second-order valence-electron chi connectivity index (χ2n) is 9.25. The van der Waals surface area contributed by atoms with Crippen molar-refractivity contribution in [1.82, 2.24) is 18.8 Å². The topological polar surface area (TPSA) is 86.5 Å². The monoisotopic (exact) mass is 484 g/mol. The largest absolute Gasteiger partial charge is 0.497 e. The highest BCUT2D eigenvalue weighted by Gasteiger charge is 2.34. The number of sulfonamides is 1. The summed E-state index contributed by atoms with van der Waals surface area (Å²) < 4.78 is 41.5. The molecule has 9 heteroatoms. The predicted molar refractivity (Wildman–Crippen MR) is 130 cm³/mol. The van der Waals surface area contributed by atoms with Gasteiger partial charge in [-0.3, -0.25) is 0 Å². The number of aromatic nitrogens is 3. The summed E-state index contributed by atoms with van der Waals surface area (Å²) in [5.41, 5.74) is 1.83. The Morgan fingerprint density at radius 3 is 2.50 bits per heavy atom. The van der Waals surface area contributed by atoms with Gasteiger partial charge in [-0.25, -0.2) is 18.4 Å². The van der Waals surface area contributed by atoms with Crippen molar-refractivity contribution in [3.8, 4) is 11.5 Å². The summed E-state index contributed by atoms with van der Waals surface area (Å²) in [5.74, 6) is 2.58. The molecule has 0 N–H and O–H groups in total. The number of nitrogens with zero attached hydrogens (tertiary/aromatic N) is 4. The van der Waals surface area contributed by atoms with Crippen molar-refractivity contribution in [2.24, 2.45) is 5.92 Å². The molecule has 1 aliphatic carbocycles. The van der Waals surface area contributed by atoms with Crippen LogP contribution in [0.5, 0.6) is 11.5 Å². The first kappa shape index (κ1) is 23.1. The Hall–Kier alpha value is -2.65. The van der Waals surface area contributed by atoms with E-state index >= 15 is 0 Å². The first-order valence-corrected chi connectivity index (χ1v) is 13.5. The van der Waals surface area contributed by atoms with Crippen molar-refractivity contribution in [2.75, 3.05) is 27.3 Å². The van der Waals surface area contributed by atoms with Gasteiger partial charge in [-0.15, -0.1) is 0 Å². The lowest BCUT2D eigenvalue weighted by Gasteiger charge is -2.33. The van der Waals surface area contributed by atoms with Crippen LogP contribution in [-0.2, 0) is 16.4 Å². The molecule has 3 aromatic rings. The molecule has 1 aliphatic heterocycles. The molecular weight excluding hydrogens is 452 g/mol. The molecule has 5 rings (SSSR count). The van der Waals surface area contributed by atoms with Crippen LogP contribution < -0.4 is 9.47 Å². The van der Waals surface area contributed by atoms with E-state index in [1.165, 1.54) is 46.0 Å². The summed E-state index contributed by atoms with van der Waals surface area (Å²) >= 11 is 0. The summed E-state index contributed by atoms with van der Waals surface area (Å²) in [4.78, 5) is 9.74. The van der Waals surface area contributed by atoms with Crippen LogP contribution in [0.3, 0.4) is 0 Å². The molecule has 0 atom stereocenters. The minimum atomic E-state index is -3.71. The van der Waals surface area contributed by atoms with Gasteiger partial charge >= 0.3 is 0 Å². The van der Waals surface area contributed by atoms with E-state index < -0.39 is 10.0 Å². The van der Waals surface area contributed by atoms with E-state index in [2.05, 4.69) is 9.55 Å². The molecule has 1 saturated heterocycles. The lowest BCUT2D eigenvalue weighted by molar-refractivity contribution is 0.270. The van der Waals surface area contributed by atoms with Crippen LogP contribution in [0.25, 0.3) is 11.2 Å². The number of hydrogen-bond donors (Lipinski definition) is 0. The quantitative estimate of drug-likeness (QED) is 0.499. The summed E-state index contributed by atoms with van der Waals surface area (Å²) in [6.07, 6.45) is 9.33. The zero-order valence-corrected chi connectivity index (χ0v) is 20.6. The molecule has 34 heavy (non-hydrogen) atoms. The number of piperidine rings is 1. The van der Waals surface area contributed by atoms with E-state index in [1.807, 2.05) is 18.3 Å². The van der Waals surface area contributed by atoms with Gasteiger partial charge in [0.15, 0.2) is 5.65 Å². The molecule has 1 aromatic carbocycles. The molecule has 0 radical (unpaired) electrons. The van der Waals surface area contributed by atoms with Gasteiger partial charge in [0.25, 0.3) is 0 Å². The van der Waals surface area contributed by atoms with Gasteiger partial charge in [0.1, 0.15) is 27.7 Å². The van der Waals surface area contributed by atoms with Crippen molar-refractivity contribution < 1.29 is 17.9 Å². The Morgan fingerprint density at radius 1 is 1.03 bits per heavy atom. The lowest BCUT2D eigenvalue weighted by atomic mass is 10.0. The average molecular weight is 485 g/mol. The zero-order valence-electron chi connectivity index (χ0n) is 19.8. The highest BCUT2D eigenvalue weighted by Crippen LogP contribution is 2.36. The van der Waals surface area contributed by atoms with E-state index in [9.17, 15) is 8.42 Å². The minimum Gasteiger partial charge on any atom is -0.497 e. The van der Waals surface area contributed by atoms with E-state index in [0.29, 0.717) is 43.3 Å². The van der Waals surface area contributed by atoms with Crippen LogP contribution in [0.1, 0.15) is 50.4 Å². The molecule has 2 aromatic heterocycles. The Kier molecular flexibility index (Phi) is 6.48. The number of hydrogen-bond acceptors (Lipinski definition) is 6. The molecule has 0 unspecified atom stereocenters. The van der Waals surface area contributed by atoms with E-state index in [-0.39, 0.29) is 10.9 Å². The normalized spacial score (nSPS) is 18.5. The van der Waals surface area contributed by atoms with Crippen LogP contribution >= 0.6 is 0 Å². The SMILES string of the molecule is COc1ccc(OC)c(S(=O)(=O)N2CCC(n3c(CC4CCCC4)nc4cccnc43)CC2)c1. The van der Waals surface area contributed by atoms with Crippen molar-refractivity contribution >= 4 is 21.2 Å². The summed E-state index contributed by atoms with van der Waals surface area (Å²) in [6, 6.07) is 8.99.